The summed E-state index contributed by atoms with van der Waals surface area (Å²) in [6.45, 7) is 20.8. The molecule has 13 nitrogen and oxygen atoms in total. The highest BCUT2D eigenvalue weighted by Gasteiger charge is 2.70. The molecule has 2 saturated carbocycles. The Hall–Kier alpha value is -4.24. The average molecular weight is 821 g/mol. The Balaban J connectivity index is 1.62. The number of Topliss-reactive ketones (excluding diaryl/α,β-unsaturated/α-hetero) is 1. The topological polar surface area (TPSA) is 174 Å². The fourth-order valence-electron chi connectivity index (χ4n) is 9.08. The third-order valence-corrected chi connectivity index (χ3v) is 12.8. The van der Waals surface area contributed by atoms with Crippen LogP contribution in [0.5, 0.6) is 0 Å². The highest BCUT2D eigenvalue weighted by atomic mass is 19.4. The number of nitrogens with zero attached hydrogens (tertiary/aromatic N) is 2. The molecule has 1 saturated heterocycles. The number of hydrogen-bond acceptors (Lipinski definition) is 8. The number of likely N-dealkylation sites (tertiary alicyclic amines) is 1. The summed E-state index contributed by atoms with van der Waals surface area (Å²) in [6, 6.07) is -5.29. The van der Waals surface area contributed by atoms with E-state index < -0.39 is 105 Å². The first-order chi connectivity index (χ1) is 26.6. The zero-order valence-corrected chi connectivity index (χ0v) is 35.7. The molecule has 0 spiro atoms. The van der Waals surface area contributed by atoms with Crippen molar-refractivity contribution in [2.24, 2.45) is 28.1 Å². The van der Waals surface area contributed by atoms with Crippen LogP contribution >= 0.6 is 0 Å². The molecule has 0 aromatic heterocycles. The van der Waals surface area contributed by atoms with Gasteiger partial charge in [0.25, 0.3) is 5.91 Å². The molecule has 4 N–H and O–H groups in total. The van der Waals surface area contributed by atoms with Crippen molar-refractivity contribution in [1.82, 2.24) is 26.2 Å². The van der Waals surface area contributed by atoms with Gasteiger partial charge in [0.1, 0.15) is 12.1 Å². The van der Waals surface area contributed by atoms with Crippen molar-refractivity contribution >= 4 is 35.2 Å². The Morgan fingerprint density at radius 2 is 1.53 bits per heavy atom. The van der Waals surface area contributed by atoms with Crippen molar-refractivity contribution in [1.29, 1.82) is 0 Å². The minimum Gasteiger partial charge on any atom is -0.369 e. The second kappa shape index (κ2) is 16.8. The lowest BCUT2D eigenvalue weighted by atomic mass is 9.70. The summed E-state index contributed by atoms with van der Waals surface area (Å²) in [7, 11) is 1.69. The van der Waals surface area contributed by atoms with Crippen molar-refractivity contribution in [2.75, 3.05) is 31.6 Å². The SMILES string of the molecule is C=CCNC(=O)C(=O)[C@H](CCC(F)(F)F)NC(=O)[C@@H]1[C@@H]2[C@H](CN1C(=O)[C@@H](NC(=O)N[C@H](CN(C)c1c(C(C)(C)C)c(=O)c1=O)C(C)(C)C)C1(C)CCCCC1)C2(C)C. The normalized spacial score (nSPS) is 22.8. The zero-order chi connectivity index (χ0) is 43.9. The molecule has 0 bridgehead atoms. The summed E-state index contributed by atoms with van der Waals surface area (Å²) in [5, 5.41) is 10.7. The van der Waals surface area contributed by atoms with Crippen molar-refractivity contribution in [3.8, 4) is 0 Å². The molecular weight excluding hydrogens is 757 g/mol. The molecule has 5 amide bonds. The van der Waals surface area contributed by atoms with Gasteiger partial charge in [-0.3, -0.25) is 28.8 Å². The van der Waals surface area contributed by atoms with E-state index in [0.717, 1.165) is 19.3 Å². The highest BCUT2D eigenvalue weighted by Crippen LogP contribution is 2.65. The number of nitrogens with one attached hydrogen (secondary N) is 4. The highest BCUT2D eigenvalue weighted by molar-refractivity contribution is 6.38. The maximum absolute atomic E-state index is 14.9. The molecule has 2 aliphatic carbocycles. The fraction of sp³-hybridized carbons (Fsp3) is 0.738. The van der Waals surface area contributed by atoms with Gasteiger partial charge in [0, 0.05) is 38.7 Å². The van der Waals surface area contributed by atoms with Gasteiger partial charge < -0.3 is 31.1 Å². The number of carbonyl (C=O) groups is 5. The largest absolute Gasteiger partial charge is 0.389 e. The van der Waals surface area contributed by atoms with Crippen LogP contribution < -0.4 is 37.0 Å². The number of amides is 5. The van der Waals surface area contributed by atoms with Gasteiger partial charge in [0.2, 0.25) is 28.5 Å². The van der Waals surface area contributed by atoms with Gasteiger partial charge in [-0.1, -0.05) is 87.7 Å². The van der Waals surface area contributed by atoms with E-state index in [2.05, 4.69) is 27.8 Å². The predicted octanol–water partition coefficient (Wildman–Crippen LogP) is 4.25. The monoisotopic (exact) mass is 820 g/mol. The number of likely N-dealkylation sites (N-methyl/N-ethyl adjacent to an activating group) is 1. The quantitative estimate of drug-likeness (QED) is 0.150. The van der Waals surface area contributed by atoms with Crippen LogP contribution in [0, 0.1) is 28.1 Å². The van der Waals surface area contributed by atoms with E-state index in [4.69, 9.17) is 0 Å². The summed E-state index contributed by atoms with van der Waals surface area (Å²) >= 11 is 0. The number of fused-ring (bicyclic) bond motifs is 1. The van der Waals surface area contributed by atoms with Gasteiger partial charge in [-0.2, -0.15) is 13.2 Å². The number of ketones is 1. The lowest BCUT2D eigenvalue weighted by molar-refractivity contribution is -0.148. The van der Waals surface area contributed by atoms with E-state index >= 15 is 0 Å². The van der Waals surface area contributed by atoms with E-state index in [1.165, 1.54) is 11.0 Å². The average Bonchev–Trinajstić information content (AvgIpc) is 3.41. The van der Waals surface area contributed by atoms with Crippen LogP contribution in [0.1, 0.15) is 113 Å². The Bertz CT molecular complexity index is 1830. The van der Waals surface area contributed by atoms with Gasteiger partial charge in [0.15, 0.2) is 0 Å². The molecule has 16 heteroatoms. The summed E-state index contributed by atoms with van der Waals surface area (Å²) in [6.07, 6.45) is -1.93. The van der Waals surface area contributed by atoms with Gasteiger partial charge in [-0.15, -0.1) is 6.58 Å². The van der Waals surface area contributed by atoms with Gasteiger partial charge in [-0.05, 0) is 52.8 Å². The molecule has 6 atom stereocenters. The third kappa shape index (κ3) is 9.95. The van der Waals surface area contributed by atoms with E-state index in [1.54, 1.807) is 11.9 Å². The van der Waals surface area contributed by atoms with Crippen LogP contribution in [0.2, 0.25) is 0 Å². The number of alkyl halides is 3. The summed E-state index contributed by atoms with van der Waals surface area (Å²) in [4.78, 5) is 97.2. The Kier molecular flexibility index (Phi) is 13.4. The lowest BCUT2D eigenvalue weighted by Crippen LogP contribution is -2.64. The standard InChI is InChI=1S/C42H63F3N6O7/c1-12-20-46-35(56)30(52)24(16-19-42(43,44)45)47-34(55)29-26-23(40(26,8)9)21-51(29)36(57)33(41(10)17-14-13-15-18-41)49-37(58)48-25(38(2,3)4)22-50(11)28-27(39(5,6)7)31(53)32(28)54/h12,23-26,29,33H,1,13-22H2,2-11H3,(H,46,56)(H,47,55)(H2,48,49,58)/t23-,24-,25+,26-,29-,33+/m0/s1. The molecule has 3 fully saturated rings. The number of hydrogen-bond donors (Lipinski definition) is 4. The molecule has 4 rings (SSSR count). The van der Waals surface area contributed by atoms with Crippen LogP contribution in [0.25, 0.3) is 0 Å². The minimum atomic E-state index is -4.67. The zero-order valence-electron chi connectivity index (χ0n) is 35.7. The number of rotatable bonds is 15. The molecule has 1 heterocycles. The van der Waals surface area contributed by atoms with Crippen LogP contribution in [0.4, 0.5) is 23.7 Å². The molecule has 1 aromatic rings. The van der Waals surface area contributed by atoms with E-state index in [-0.39, 0.29) is 31.5 Å². The van der Waals surface area contributed by atoms with E-state index in [9.17, 15) is 46.7 Å². The van der Waals surface area contributed by atoms with Crippen molar-refractivity contribution < 1.29 is 37.1 Å². The van der Waals surface area contributed by atoms with Crippen LogP contribution in [-0.4, -0.2) is 91.5 Å². The van der Waals surface area contributed by atoms with Crippen molar-refractivity contribution in [2.45, 2.75) is 143 Å². The van der Waals surface area contributed by atoms with E-state index in [1.807, 2.05) is 62.3 Å². The second-order valence-electron chi connectivity index (χ2n) is 19.7. The molecule has 58 heavy (non-hydrogen) atoms. The minimum absolute atomic E-state index is 0.113. The maximum Gasteiger partial charge on any atom is 0.389 e. The van der Waals surface area contributed by atoms with Crippen LogP contribution in [0.15, 0.2) is 22.2 Å². The number of anilines is 1. The molecule has 3 aliphatic rings. The lowest BCUT2D eigenvalue weighted by Gasteiger charge is -2.43. The van der Waals surface area contributed by atoms with Gasteiger partial charge in [0.05, 0.1) is 17.8 Å². The summed E-state index contributed by atoms with van der Waals surface area (Å²) in [5.41, 5.74) is -2.63. The number of piperidine rings is 1. The third-order valence-electron chi connectivity index (χ3n) is 12.8. The van der Waals surface area contributed by atoms with E-state index in [0.29, 0.717) is 24.1 Å². The van der Waals surface area contributed by atoms with Crippen LogP contribution in [0.3, 0.4) is 0 Å². The Morgan fingerprint density at radius 1 is 0.931 bits per heavy atom. The fourth-order valence-corrected chi connectivity index (χ4v) is 9.08. The number of carbonyl (C=O) groups excluding carboxylic acids is 5. The Morgan fingerprint density at radius 3 is 2.07 bits per heavy atom. The van der Waals surface area contributed by atoms with Gasteiger partial charge in [-0.25, -0.2) is 4.79 Å². The molecule has 1 aromatic carbocycles. The molecule has 0 radical (unpaired) electrons. The summed E-state index contributed by atoms with van der Waals surface area (Å²) in [5.74, 6) is -4.29. The summed E-state index contributed by atoms with van der Waals surface area (Å²) < 4.78 is 40.1. The molecule has 1 aliphatic heterocycles. The van der Waals surface area contributed by atoms with Gasteiger partial charge >= 0.3 is 12.2 Å². The Labute approximate surface area is 339 Å². The van der Waals surface area contributed by atoms with Crippen LogP contribution in [-0.2, 0) is 24.6 Å². The number of halogens is 3. The first-order valence-electron chi connectivity index (χ1n) is 20.3. The predicted molar refractivity (Wildman–Crippen MR) is 215 cm³/mol. The molecular formula is C42H63F3N6O7. The first-order valence-corrected chi connectivity index (χ1v) is 20.3. The van der Waals surface area contributed by atoms with Crippen molar-refractivity contribution in [3.05, 3.63) is 38.7 Å². The maximum atomic E-state index is 14.9. The second-order valence-corrected chi connectivity index (χ2v) is 19.7. The number of urea groups is 1. The van der Waals surface area contributed by atoms with Crippen molar-refractivity contribution in [3.63, 3.8) is 0 Å². The molecule has 0 unspecified atom stereocenters. The molecule has 324 valence electrons. The smallest absolute Gasteiger partial charge is 0.369 e. The first kappa shape index (κ1) is 46.4.